The number of thioether (sulfide) groups is 1. The van der Waals surface area contributed by atoms with Crippen molar-refractivity contribution >= 4 is 29.3 Å². The summed E-state index contributed by atoms with van der Waals surface area (Å²) in [7, 11) is 3.39. The van der Waals surface area contributed by atoms with Crippen molar-refractivity contribution in [2.75, 3.05) is 25.2 Å². The highest BCUT2D eigenvalue weighted by atomic mass is 32.2. The number of rotatable bonds is 8. The van der Waals surface area contributed by atoms with Crippen LogP contribution in [0.1, 0.15) is 16.1 Å². The predicted molar refractivity (Wildman–Crippen MR) is 116 cm³/mol. The van der Waals surface area contributed by atoms with Gasteiger partial charge in [-0.15, -0.1) is 16.8 Å². The second-order valence-electron chi connectivity index (χ2n) is 6.71. The van der Waals surface area contributed by atoms with E-state index in [9.17, 15) is 9.59 Å². The van der Waals surface area contributed by atoms with Gasteiger partial charge in [0.1, 0.15) is 5.76 Å². The zero-order chi connectivity index (χ0) is 21.7. The zero-order valence-electron chi connectivity index (χ0n) is 17.1. The van der Waals surface area contributed by atoms with Gasteiger partial charge < -0.3 is 14.6 Å². The monoisotopic (exact) mass is 425 g/mol. The maximum Gasteiger partial charge on any atom is 0.253 e. The fourth-order valence-corrected chi connectivity index (χ4v) is 3.53. The molecule has 2 aromatic heterocycles. The summed E-state index contributed by atoms with van der Waals surface area (Å²) in [5, 5.41) is 11.9. The lowest BCUT2D eigenvalue weighted by atomic mass is 10.2. The maximum absolute atomic E-state index is 12.4. The molecule has 0 aliphatic rings. The van der Waals surface area contributed by atoms with Crippen LogP contribution >= 0.6 is 11.8 Å². The second kappa shape index (κ2) is 9.45. The Morgan fingerprint density at radius 3 is 2.57 bits per heavy atom. The van der Waals surface area contributed by atoms with Gasteiger partial charge in [0.2, 0.25) is 5.91 Å². The Bertz CT molecular complexity index is 1050. The first-order chi connectivity index (χ1) is 14.4. The molecule has 1 aromatic carbocycles. The van der Waals surface area contributed by atoms with Gasteiger partial charge in [0.15, 0.2) is 11.0 Å². The summed E-state index contributed by atoms with van der Waals surface area (Å²) in [5.41, 5.74) is 2.04. The third-order valence-electron chi connectivity index (χ3n) is 4.28. The van der Waals surface area contributed by atoms with Gasteiger partial charge in [-0.05, 0) is 37.3 Å². The topological polar surface area (TPSA) is 93.3 Å². The van der Waals surface area contributed by atoms with Crippen molar-refractivity contribution in [2.24, 2.45) is 0 Å². The SMILES string of the molecule is C=CCn1c(SCC(=O)Nc2ccc(C(=O)N(C)C)cc2)nnc1-c1ccoc1C. The molecule has 0 aliphatic carbocycles. The molecule has 0 aliphatic heterocycles. The minimum Gasteiger partial charge on any atom is -0.469 e. The van der Waals surface area contributed by atoms with E-state index in [1.807, 2.05) is 17.6 Å². The van der Waals surface area contributed by atoms with Crippen LogP contribution in [0.2, 0.25) is 0 Å². The van der Waals surface area contributed by atoms with Crippen molar-refractivity contribution in [1.29, 1.82) is 0 Å². The average Bonchev–Trinajstić information content (AvgIpc) is 3.32. The molecule has 156 valence electrons. The van der Waals surface area contributed by atoms with Gasteiger partial charge in [-0.25, -0.2) is 0 Å². The molecule has 0 saturated carbocycles. The maximum atomic E-state index is 12.4. The summed E-state index contributed by atoms with van der Waals surface area (Å²) in [6.07, 6.45) is 3.36. The van der Waals surface area contributed by atoms with E-state index in [1.54, 1.807) is 50.7 Å². The highest BCUT2D eigenvalue weighted by Gasteiger charge is 2.17. The molecule has 0 bridgehead atoms. The molecule has 3 rings (SSSR count). The minimum absolute atomic E-state index is 0.0892. The smallest absolute Gasteiger partial charge is 0.253 e. The number of nitrogens with one attached hydrogen (secondary N) is 1. The van der Waals surface area contributed by atoms with E-state index in [0.29, 0.717) is 28.8 Å². The number of amides is 2. The number of benzene rings is 1. The summed E-state index contributed by atoms with van der Waals surface area (Å²) in [6.45, 7) is 6.16. The first-order valence-electron chi connectivity index (χ1n) is 9.23. The standard InChI is InChI=1S/C21H23N5O3S/c1-5-11-26-19(17-10-12-29-14(17)2)23-24-21(26)30-13-18(27)22-16-8-6-15(7-9-16)20(28)25(3)4/h5-10,12H,1,11,13H2,2-4H3,(H,22,27). The number of aryl methyl sites for hydroxylation is 1. The Morgan fingerprint density at radius 1 is 1.23 bits per heavy atom. The fraction of sp³-hybridized carbons (Fsp3) is 0.238. The van der Waals surface area contributed by atoms with Crippen LogP contribution in [-0.4, -0.2) is 51.3 Å². The van der Waals surface area contributed by atoms with E-state index < -0.39 is 0 Å². The Kier molecular flexibility index (Phi) is 6.73. The van der Waals surface area contributed by atoms with Crippen LogP contribution in [0.3, 0.4) is 0 Å². The van der Waals surface area contributed by atoms with Crippen molar-refractivity contribution < 1.29 is 14.0 Å². The Labute approximate surface area is 179 Å². The third kappa shape index (κ3) is 4.80. The van der Waals surface area contributed by atoms with Crippen LogP contribution in [0, 0.1) is 6.92 Å². The van der Waals surface area contributed by atoms with Gasteiger partial charge in [0.05, 0.1) is 17.6 Å². The lowest BCUT2D eigenvalue weighted by Gasteiger charge is -2.11. The van der Waals surface area contributed by atoms with Gasteiger partial charge in [-0.2, -0.15) is 0 Å². The fourth-order valence-electron chi connectivity index (χ4n) is 2.79. The third-order valence-corrected chi connectivity index (χ3v) is 5.25. The van der Waals surface area contributed by atoms with Gasteiger partial charge in [0.25, 0.3) is 5.91 Å². The van der Waals surface area contributed by atoms with Crippen molar-refractivity contribution in [3.8, 4) is 11.4 Å². The van der Waals surface area contributed by atoms with E-state index in [1.165, 1.54) is 16.7 Å². The van der Waals surface area contributed by atoms with E-state index in [-0.39, 0.29) is 17.6 Å². The number of aromatic nitrogens is 3. The summed E-state index contributed by atoms with van der Waals surface area (Å²) < 4.78 is 7.25. The zero-order valence-corrected chi connectivity index (χ0v) is 17.9. The molecule has 3 aromatic rings. The Hall–Kier alpha value is -3.33. The van der Waals surface area contributed by atoms with Crippen LogP contribution in [0.4, 0.5) is 5.69 Å². The molecule has 8 nitrogen and oxygen atoms in total. The largest absolute Gasteiger partial charge is 0.469 e. The van der Waals surface area contributed by atoms with Crippen LogP contribution in [0.5, 0.6) is 0 Å². The van der Waals surface area contributed by atoms with Crippen LogP contribution in [-0.2, 0) is 11.3 Å². The number of carbonyl (C=O) groups is 2. The number of furan rings is 1. The van der Waals surface area contributed by atoms with Crippen molar-refractivity contribution in [1.82, 2.24) is 19.7 Å². The van der Waals surface area contributed by atoms with E-state index in [0.717, 1.165) is 11.3 Å². The van der Waals surface area contributed by atoms with Crippen LogP contribution < -0.4 is 5.32 Å². The predicted octanol–water partition coefficient (Wildman–Crippen LogP) is 3.47. The molecule has 0 saturated heterocycles. The van der Waals surface area contributed by atoms with Crippen LogP contribution in [0.15, 0.2) is 58.8 Å². The molecule has 1 N–H and O–H groups in total. The lowest BCUT2D eigenvalue weighted by molar-refractivity contribution is -0.113. The van der Waals surface area contributed by atoms with Crippen molar-refractivity contribution in [3.05, 3.63) is 60.6 Å². The summed E-state index contributed by atoms with van der Waals surface area (Å²) >= 11 is 1.29. The van der Waals surface area contributed by atoms with Gasteiger partial charge in [0, 0.05) is 31.9 Å². The number of nitrogens with zero attached hydrogens (tertiary/aromatic N) is 4. The first kappa shape index (κ1) is 21.4. The molecule has 2 heterocycles. The number of allylic oxidation sites excluding steroid dienone is 1. The van der Waals surface area contributed by atoms with Gasteiger partial charge in [-0.3, -0.25) is 14.2 Å². The average molecular weight is 426 g/mol. The van der Waals surface area contributed by atoms with E-state index in [4.69, 9.17) is 4.42 Å². The molecule has 0 atom stereocenters. The summed E-state index contributed by atoms with van der Waals surface area (Å²) in [4.78, 5) is 25.8. The molecule has 2 amide bonds. The minimum atomic E-state index is -0.180. The molecule has 0 unspecified atom stereocenters. The Balaban J connectivity index is 1.65. The van der Waals surface area contributed by atoms with Crippen LogP contribution in [0.25, 0.3) is 11.4 Å². The molecular formula is C21H23N5O3S. The number of hydrogen-bond donors (Lipinski definition) is 1. The number of carbonyl (C=O) groups excluding carboxylic acids is 2. The highest BCUT2D eigenvalue weighted by molar-refractivity contribution is 7.99. The van der Waals surface area contributed by atoms with Crippen molar-refractivity contribution in [3.63, 3.8) is 0 Å². The first-order valence-corrected chi connectivity index (χ1v) is 10.2. The number of anilines is 1. The lowest BCUT2D eigenvalue weighted by Crippen LogP contribution is -2.21. The van der Waals surface area contributed by atoms with E-state index >= 15 is 0 Å². The summed E-state index contributed by atoms with van der Waals surface area (Å²) in [6, 6.07) is 8.63. The number of hydrogen-bond acceptors (Lipinski definition) is 6. The molecule has 0 fully saturated rings. The van der Waals surface area contributed by atoms with Gasteiger partial charge in [-0.1, -0.05) is 17.8 Å². The molecular weight excluding hydrogens is 402 g/mol. The highest BCUT2D eigenvalue weighted by Crippen LogP contribution is 2.27. The molecule has 0 radical (unpaired) electrons. The molecule has 0 spiro atoms. The summed E-state index contributed by atoms with van der Waals surface area (Å²) in [5.74, 6) is 1.32. The quantitative estimate of drug-likeness (QED) is 0.439. The second-order valence-corrected chi connectivity index (χ2v) is 7.65. The van der Waals surface area contributed by atoms with Gasteiger partial charge >= 0.3 is 0 Å². The Morgan fingerprint density at radius 2 is 1.97 bits per heavy atom. The molecule has 30 heavy (non-hydrogen) atoms. The normalized spacial score (nSPS) is 10.6. The van der Waals surface area contributed by atoms with Crippen molar-refractivity contribution in [2.45, 2.75) is 18.6 Å². The molecule has 9 heteroatoms. The van der Waals surface area contributed by atoms with E-state index in [2.05, 4.69) is 22.1 Å².